The van der Waals surface area contributed by atoms with E-state index in [9.17, 15) is 33.1 Å². The van der Waals surface area contributed by atoms with Gasteiger partial charge in [0.1, 0.15) is 29.8 Å². The van der Waals surface area contributed by atoms with Gasteiger partial charge >= 0.3 is 12.3 Å². The Balaban J connectivity index is 1.49. The minimum Gasteiger partial charge on any atom is -0.491 e. The zero-order valence-electron chi connectivity index (χ0n) is 20.8. The number of nitriles is 1. The number of carbonyl (C=O) groups is 1. The van der Waals surface area contributed by atoms with E-state index in [1.807, 2.05) is 6.07 Å². The average Bonchev–Trinajstić information content (AvgIpc) is 3.35. The first kappa shape index (κ1) is 27.9. The van der Waals surface area contributed by atoms with Crippen LogP contribution in [0.4, 0.5) is 13.2 Å². The molecule has 5 aromatic rings. The highest BCUT2D eigenvalue weighted by atomic mass is 35.5. The van der Waals surface area contributed by atoms with E-state index in [4.69, 9.17) is 16.3 Å². The number of halogens is 4. The van der Waals surface area contributed by atoms with Gasteiger partial charge in [0.25, 0.3) is 5.56 Å². The van der Waals surface area contributed by atoms with E-state index in [0.717, 1.165) is 12.1 Å². The molecule has 5 rings (SSSR count). The summed E-state index contributed by atoms with van der Waals surface area (Å²) in [7, 11) is 0. The fourth-order valence-corrected chi connectivity index (χ4v) is 5.55. The molecule has 41 heavy (non-hydrogen) atoms. The Bertz CT molecular complexity index is 1950. The number of carboxylic acid groups (broad SMARTS) is 1. The van der Waals surface area contributed by atoms with Crippen LogP contribution in [-0.2, 0) is 6.54 Å². The maximum Gasteiger partial charge on any atom is 0.573 e. The van der Waals surface area contributed by atoms with Gasteiger partial charge in [0.05, 0.1) is 33.3 Å². The number of aromatic carboxylic acids is 1. The molecule has 0 aliphatic heterocycles. The summed E-state index contributed by atoms with van der Waals surface area (Å²) in [6.07, 6.45) is -3.54. The lowest BCUT2D eigenvalue weighted by molar-refractivity contribution is -0.274. The smallest absolute Gasteiger partial charge is 0.491 e. The quantitative estimate of drug-likeness (QED) is 0.234. The molecule has 3 aromatic heterocycles. The Hall–Kier alpha value is -4.67. The molecule has 0 amide bonds. The van der Waals surface area contributed by atoms with Crippen LogP contribution in [0.2, 0.25) is 5.02 Å². The molecule has 9 nitrogen and oxygen atoms in total. The van der Waals surface area contributed by atoms with Gasteiger partial charge in [0.2, 0.25) is 0 Å². The van der Waals surface area contributed by atoms with Crippen molar-refractivity contribution in [3.63, 3.8) is 0 Å². The maximum absolute atomic E-state index is 13.3. The number of aromatic nitrogens is 3. The van der Waals surface area contributed by atoms with Crippen LogP contribution in [0.5, 0.6) is 11.5 Å². The molecule has 208 valence electrons. The molecule has 0 aliphatic carbocycles. The van der Waals surface area contributed by atoms with Crippen molar-refractivity contribution in [1.29, 1.82) is 5.26 Å². The fourth-order valence-electron chi connectivity index (χ4n) is 4.35. The Morgan fingerprint density at radius 2 is 1.93 bits per heavy atom. The van der Waals surface area contributed by atoms with Gasteiger partial charge in [-0.2, -0.15) is 5.26 Å². The van der Waals surface area contributed by atoms with Gasteiger partial charge in [-0.15, -0.1) is 24.5 Å². The number of hydrogen-bond donors (Lipinski definition) is 1. The number of aryl methyl sites for hydroxylation is 1. The first-order valence-electron chi connectivity index (χ1n) is 11.7. The second-order valence-corrected chi connectivity index (χ2v) is 9.91. The van der Waals surface area contributed by atoms with Gasteiger partial charge in [-0.3, -0.25) is 14.3 Å². The largest absolute Gasteiger partial charge is 0.573 e. The Kier molecular flexibility index (Phi) is 7.29. The normalized spacial score (nSPS) is 11.5. The SMILES string of the molecule is Cc1nc2c(OC(F)(F)F)ccc(C#N)c2c(=O)n1CCOc1ccc(Cl)cc1-c1ccnc2c(C(=O)O)csc12. The lowest BCUT2D eigenvalue weighted by atomic mass is 10.0. The molecule has 0 bridgehead atoms. The molecule has 0 atom stereocenters. The van der Waals surface area contributed by atoms with Gasteiger partial charge in [-0.1, -0.05) is 11.6 Å². The van der Waals surface area contributed by atoms with Crippen LogP contribution < -0.4 is 15.0 Å². The summed E-state index contributed by atoms with van der Waals surface area (Å²) in [5.41, 5.74) is 0.325. The maximum atomic E-state index is 13.3. The molecule has 1 N–H and O–H groups in total. The molecule has 0 saturated heterocycles. The Morgan fingerprint density at radius 1 is 1.17 bits per heavy atom. The third kappa shape index (κ3) is 5.39. The van der Waals surface area contributed by atoms with Crippen molar-refractivity contribution in [2.24, 2.45) is 0 Å². The number of alkyl halides is 3. The first-order valence-corrected chi connectivity index (χ1v) is 13.0. The van der Waals surface area contributed by atoms with Crippen LogP contribution in [-0.4, -0.2) is 38.6 Å². The number of fused-ring (bicyclic) bond motifs is 2. The lowest BCUT2D eigenvalue weighted by Gasteiger charge is -2.16. The summed E-state index contributed by atoms with van der Waals surface area (Å²) in [4.78, 5) is 33.3. The first-order chi connectivity index (χ1) is 19.5. The van der Waals surface area contributed by atoms with Crippen LogP contribution in [0.25, 0.3) is 32.2 Å². The number of pyridine rings is 1. The van der Waals surface area contributed by atoms with E-state index in [1.54, 1.807) is 24.3 Å². The molecule has 3 heterocycles. The minimum atomic E-state index is -5.02. The van der Waals surface area contributed by atoms with E-state index in [0.29, 0.717) is 32.1 Å². The fraction of sp³-hybridized carbons (Fsp3) is 0.148. The van der Waals surface area contributed by atoms with E-state index in [1.165, 1.54) is 34.4 Å². The highest BCUT2D eigenvalue weighted by Gasteiger charge is 2.33. The molecule has 0 fully saturated rings. The van der Waals surface area contributed by atoms with Crippen molar-refractivity contribution in [2.45, 2.75) is 19.8 Å². The van der Waals surface area contributed by atoms with Crippen LogP contribution in [0, 0.1) is 18.3 Å². The third-order valence-corrected chi connectivity index (χ3v) is 7.34. The van der Waals surface area contributed by atoms with Crippen molar-refractivity contribution < 1.29 is 32.5 Å². The summed E-state index contributed by atoms with van der Waals surface area (Å²) in [6, 6.07) is 10.4. The molecule has 2 aromatic carbocycles. The number of nitrogens with zero attached hydrogens (tertiary/aromatic N) is 4. The van der Waals surface area contributed by atoms with Gasteiger partial charge in [-0.05, 0) is 43.3 Å². The van der Waals surface area contributed by atoms with Gasteiger partial charge < -0.3 is 14.6 Å². The summed E-state index contributed by atoms with van der Waals surface area (Å²) in [6.45, 7) is 1.32. The topological polar surface area (TPSA) is 127 Å². The number of benzene rings is 2. The second kappa shape index (κ2) is 10.7. The number of thiophene rings is 1. The number of ether oxygens (including phenoxy) is 2. The second-order valence-electron chi connectivity index (χ2n) is 8.59. The molecule has 0 spiro atoms. The molecule has 14 heteroatoms. The summed E-state index contributed by atoms with van der Waals surface area (Å²) < 4.78 is 50.6. The average molecular weight is 601 g/mol. The van der Waals surface area contributed by atoms with Crippen LogP contribution in [0.15, 0.2) is 52.8 Å². The predicted molar refractivity (Wildman–Crippen MR) is 145 cm³/mol. The van der Waals surface area contributed by atoms with E-state index in [-0.39, 0.29) is 41.0 Å². The van der Waals surface area contributed by atoms with Crippen LogP contribution >= 0.6 is 22.9 Å². The monoisotopic (exact) mass is 600 g/mol. The van der Waals surface area contributed by atoms with Crippen molar-refractivity contribution in [2.75, 3.05) is 6.61 Å². The highest BCUT2D eigenvalue weighted by molar-refractivity contribution is 7.18. The summed E-state index contributed by atoms with van der Waals surface area (Å²) >= 11 is 7.47. The summed E-state index contributed by atoms with van der Waals surface area (Å²) in [5.74, 6) is -1.33. The number of hydrogen-bond acceptors (Lipinski definition) is 8. The zero-order chi connectivity index (χ0) is 29.5. The van der Waals surface area contributed by atoms with E-state index in [2.05, 4.69) is 14.7 Å². The van der Waals surface area contributed by atoms with Crippen molar-refractivity contribution in [3.8, 4) is 28.7 Å². The zero-order valence-corrected chi connectivity index (χ0v) is 22.4. The molecule has 0 aliphatic rings. The molecule has 0 unspecified atom stereocenters. The van der Waals surface area contributed by atoms with E-state index >= 15 is 0 Å². The van der Waals surface area contributed by atoms with Crippen molar-refractivity contribution in [3.05, 3.63) is 80.3 Å². The van der Waals surface area contributed by atoms with Crippen molar-refractivity contribution in [1.82, 2.24) is 14.5 Å². The van der Waals surface area contributed by atoms with Gasteiger partial charge in [-0.25, -0.2) is 9.78 Å². The number of carboxylic acids is 1. The third-order valence-electron chi connectivity index (χ3n) is 6.10. The number of rotatable bonds is 7. The van der Waals surface area contributed by atoms with E-state index < -0.39 is 23.6 Å². The van der Waals surface area contributed by atoms with Crippen LogP contribution in [0.1, 0.15) is 21.7 Å². The van der Waals surface area contributed by atoms with Crippen molar-refractivity contribution >= 4 is 50.0 Å². The molecule has 0 saturated carbocycles. The Morgan fingerprint density at radius 3 is 2.63 bits per heavy atom. The molecular weight excluding hydrogens is 585 g/mol. The minimum absolute atomic E-state index is 0.0567. The Labute approximate surface area is 237 Å². The predicted octanol–water partition coefficient (Wildman–Crippen LogP) is 6.18. The van der Waals surface area contributed by atoms with Gasteiger partial charge in [0.15, 0.2) is 5.75 Å². The molecule has 0 radical (unpaired) electrons. The standard InChI is InChI=1S/C27H16ClF3N4O5S/c1-13-34-23-20(40-27(29,30)31)4-2-14(11-32)21(23)25(36)35(13)8-9-39-19-5-3-15(28)10-17(19)16-6-7-33-22-18(26(37)38)12-41-24(16)22/h2-7,10,12H,8-9H2,1H3,(H,37,38). The van der Waals surface area contributed by atoms with Gasteiger partial charge in [0, 0.05) is 27.7 Å². The molecular formula is C27H16ClF3N4O5S. The highest BCUT2D eigenvalue weighted by Crippen LogP contribution is 2.39. The lowest BCUT2D eigenvalue weighted by Crippen LogP contribution is -2.27. The summed E-state index contributed by atoms with van der Waals surface area (Å²) in [5, 5.41) is 20.5. The van der Waals surface area contributed by atoms with Crippen LogP contribution in [0.3, 0.4) is 0 Å².